The Hall–Kier alpha value is -2.26. The van der Waals surface area contributed by atoms with Gasteiger partial charge in [0.15, 0.2) is 0 Å². The minimum absolute atomic E-state index is 0.0182. The normalized spacial score (nSPS) is 29.2. The van der Waals surface area contributed by atoms with Gasteiger partial charge in [-0.2, -0.15) is 0 Å². The molecule has 1 aromatic carbocycles. The summed E-state index contributed by atoms with van der Waals surface area (Å²) in [5, 5.41) is 15.5. The number of fused-ring (bicyclic) bond motifs is 1. The minimum Gasteiger partial charge on any atom is -0.494 e. The second-order valence-electron chi connectivity index (χ2n) is 10.2. The second kappa shape index (κ2) is 11.4. The number of hydrogen-bond donors (Lipinski definition) is 3. The maximum absolute atomic E-state index is 13.8. The molecule has 2 bridgehead atoms. The fourth-order valence-electron chi connectivity index (χ4n) is 6.24. The zero-order chi connectivity index (χ0) is 25.9. The molecule has 3 aliphatic rings. The molecule has 0 aliphatic carbocycles. The predicted molar refractivity (Wildman–Crippen MR) is 141 cm³/mol. The number of aliphatic hydroxyl groups excluding tert-OH is 1. The molecule has 3 N–H and O–H groups in total. The van der Waals surface area contributed by atoms with Gasteiger partial charge in [0.05, 0.1) is 23.2 Å². The predicted octanol–water partition coefficient (Wildman–Crippen LogP) is 3.19. The van der Waals surface area contributed by atoms with Crippen LogP contribution in [0.4, 0.5) is 5.69 Å². The number of hydrogen-bond acceptors (Lipinski definition) is 6. The molecule has 8 nitrogen and oxygen atoms in total. The number of carbonyl (C=O) groups is 3. The van der Waals surface area contributed by atoms with Crippen molar-refractivity contribution in [1.82, 2.24) is 10.2 Å². The summed E-state index contributed by atoms with van der Waals surface area (Å²) in [5.74, 6) is -0.633. The number of likely N-dealkylation sites (tertiary alicyclic amines) is 1. The Morgan fingerprint density at radius 2 is 1.97 bits per heavy atom. The fourth-order valence-corrected chi connectivity index (χ4v) is 8.46. The van der Waals surface area contributed by atoms with Crippen LogP contribution in [0.1, 0.15) is 59.3 Å². The molecule has 3 amide bonds. The molecule has 9 heteroatoms. The van der Waals surface area contributed by atoms with Gasteiger partial charge >= 0.3 is 0 Å². The summed E-state index contributed by atoms with van der Waals surface area (Å²) in [6.45, 7) is 7.03. The first-order valence-electron chi connectivity index (χ1n) is 13.3. The first-order chi connectivity index (χ1) is 17.4. The van der Waals surface area contributed by atoms with Crippen molar-refractivity contribution in [2.45, 2.75) is 81.4 Å². The number of nitrogens with one attached hydrogen (secondary N) is 2. The van der Waals surface area contributed by atoms with Gasteiger partial charge in [-0.25, -0.2) is 0 Å². The lowest BCUT2D eigenvalue weighted by Gasteiger charge is -2.35. The fraction of sp³-hybridized carbons (Fsp3) is 0.667. The lowest BCUT2D eigenvalue weighted by atomic mass is 9.70. The van der Waals surface area contributed by atoms with Crippen LogP contribution in [0.5, 0.6) is 5.75 Å². The van der Waals surface area contributed by atoms with Crippen LogP contribution in [0, 0.1) is 11.8 Å². The Balaban J connectivity index is 1.57. The molecule has 3 saturated heterocycles. The summed E-state index contributed by atoms with van der Waals surface area (Å²) in [4.78, 5) is 42.7. The van der Waals surface area contributed by atoms with Gasteiger partial charge < -0.3 is 25.4 Å². The van der Waals surface area contributed by atoms with Crippen LogP contribution in [-0.4, -0.2) is 69.6 Å². The third kappa shape index (κ3) is 4.96. The van der Waals surface area contributed by atoms with E-state index < -0.39 is 22.6 Å². The smallest absolute Gasteiger partial charge is 0.244 e. The van der Waals surface area contributed by atoms with Crippen molar-refractivity contribution in [2.75, 3.05) is 25.1 Å². The first-order valence-corrected chi connectivity index (χ1v) is 14.2. The van der Waals surface area contributed by atoms with E-state index in [9.17, 15) is 19.5 Å². The highest BCUT2D eigenvalue weighted by Gasteiger charge is 2.73. The third-order valence-corrected chi connectivity index (χ3v) is 9.65. The minimum atomic E-state index is -0.591. The van der Waals surface area contributed by atoms with Gasteiger partial charge in [0.1, 0.15) is 11.8 Å². The summed E-state index contributed by atoms with van der Waals surface area (Å²) in [5.41, 5.74) is 0.665. The number of aliphatic hydroxyl groups is 1. The molecule has 0 aromatic heterocycles. The van der Waals surface area contributed by atoms with E-state index in [1.54, 1.807) is 16.7 Å². The van der Waals surface area contributed by atoms with Crippen LogP contribution in [0.25, 0.3) is 0 Å². The van der Waals surface area contributed by atoms with Gasteiger partial charge in [-0.05, 0) is 70.2 Å². The molecule has 3 heterocycles. The molecule has 1 aromatic rings. The summed E-state index contributed by atoms with van der Waals surface area (Å²) < 4.78 is 4.90. The third-order valence-electron chi connectivity index (χ3n) is 7.70. The molecule has 198 valence electrons. The molecule has 6 atom stereocenters. The molecule has 3 aliphatic heterocycles. The standard InChI is InChI=1S/C27H39N3O5S/c1-4-8-17(3)28-25(33)23-27-14-13-20(36-27)21(22(27)26(34)30(23)15-6-7-16-31)24(32)29-18-9-11-19(12-10-18)35-5-2/h9-12,17,20-23,31H,4-8,13-16H2,1-3H3,(H,28,33)(H,29,32)/t17?,20-,21+,22+,23?,27?/m1/s1. The van der Waals surface area contributed by atoms with Crippen molar-refractivity contribution in [3.05, 3.63) is 24.3 Å². The number of thioether (sulfide) groups is 1. The van der Waals surface area contributed by atoms with Crippen LogP contribution in [0.15, 0.2) is 24.3 Å². The van der Waals surface area contributed by atoms with Crippen molar-refractivity contribution in [3.8, 4) is 5.75 Å². The van der Waals surface area contributed by atoms with Gasteiger partial charge in [-0.3, -0.25) is 14.4 Å². The summed E-state index contributed by atoms with van der Waals surface area (Å²) in [7, 11) is 0. The van der Waals surface area contributed by atoms with Crippen molar-refractivity contribution in [2.24, 2.45) is 11.8 Å². The molecule has 0 radical (unpaired) electrons. The zero-order valence-electron chi connectivity index (χ0n) is 21.5. The van der Waals surface area contributed by atoms with Crippen molar-refractivity contribution in [1.29, 1.82) is 0 Å². The maximum Gasteiger partial charge on any atom is 0.244 e. The topological polar surface area (TPSA) is 108 Å². The van der Waals surface area contributed by atoms with E-state index in [0.717, 1.165) is 31.4 Å². The van der Waals surface area contributed by atoms with Crippen LogP contribution < -0.4 is 15.4 Å². The Kier molecular flexibility index (Phi) is 8.50. The van der Waals surface area contributed by atoms with Crippen molar-refractivity contribution >= 4 is 35.2 Å². The van der Waals surface area contributed by atoms with E-state index in [2.05, 4.69) is 17.6 Å². The number of rotatable bonds is 12. The largest absolute Gasteiger partial charge is 0.494 e. The second-order valence-corrected chi connectivity index (χ2v) is 11.8. The number of benzene rings is 1. The molecular formula is C27H39N3O5S. The Morgan fingerprint density at radius 1 is 1.22 bits per heavy atom. The average molecular weight is 518 g/mol. The van der Waals surface area contributed by atoms with Crippen LogP contribution in [0.2, 0.25) is 0 Å². The molecule has 1 spiro atoms. The van der Waals surface area contributed by atoms with E-state index in [-0.39, 0.29) is 35.6 Å². The maximum atomic E-state index is 13.8. The number of unbranched alkanes of at least 4 members (excludes halogenated alkanes) is 1. The van der Waals surface area contributed by atoms with Gasteiger partial charge in [-0.1, -0.05) is 13.3 Å². The highest BCUT2D eigenvalue weighted by atomic mass is 32.2. The Labute approximate surface area is 217 Å². The average Bonchev–Trinajstić information content (AvgIpc) is 3.48. The van der Waals surface area contributed by atoms with Crippen LogP contribution in [-0.2, 0) is 14.4 Å². The molecule has 4 rings (SSSR count). The Bertz CT molecular complexity index is 957. The SMILES string of the molecule is CCCC(C)NC(=O)C1N(CCCCO)C(=O)[C@@H]2[C@@H](C(=O)Nc3ccc(OCC)cc3)[C@H]3CCC12S3. The van der Waals surface area contributed by atoms with Crippen molar-refractivity contribution in [3.63, 3.8) is 0 Å². The number of carbonyl (C=O) groups excluding carboxylic acids is 3. The molecular weight excluding hydrogens is 478 g/mol. The Morgan fingerprint density at radius 3 is 2.64 bits per heavy atom. The van der Waals surface area contributed by atoms with Crippen molar-refractivity contribution < 1.29 is 24.2 Å². The molecule has 0 saturated carbocycles. The van der Waals surface area contributed by atoms with Gasteiger partial charge in [0, 0.05) is 30.1 Å². The van der Waals surface area contributed by atoms with E-state index in [1.807, 2.05) is 38.1 Å². The summed E-state index contributed by atoms with van der Waals surface area (Å²) in [6, 6.07) is 6.68. The zero-order valence-corrected chi connectivity index (χ0v) is 22.3. The number of amides is 3. The van der Waals surface area contributed by atoms with Crippen LogP contribution >= 0.6 is 11.8 Å². The molecule has 36 heavy (non-hydrogen) atoms. The van der Waals surface area contributed by atoms with Crippen LogP contribution in [0.3, 0.4) is 0 Å². The highest BCUT2D eigenvalue weighted by molar-refractivity contribution is 8.02. The number of nitrogens with zero attached hydrogens (tertiary/aromatic N) is 1. The van der Waals surface area contributed by atoms with E-state index in [0.29, 0.717) is 31.7 Å². The van der Waals surface area contributed by atoms with E-state index in [4.69, 9.17) is 4.74 Å². The lowest BCUT2D eigenvalue weighted by molar-refractivity contribution is -0.139. The quantitative estimate of drug-likeness (QED) is 0.368. The molecule has 3 fully saturated rings. The van der Waals surface area contributed by atoms with E-state index in [1.165, 1.54) is 0 Å². The van der Waals surface area contributed by atoms with E-state index >= 15 is 0 Å². The lowest BCUT2D eigenvalue weighted by Crippen LogP contribution is -2.55. The van der Waals surface area contributed by atoms with Gasteiger partial charge in [-0.15, -0.1) is 11.8 Å². The van der Waals surface area contributed by atoms with Gasteiger partial charge in [0.2, 0.25) is 17.7 Å². The monoisotopic (exact) mass is 517 g/mol. The number of ether oxygens (including phenoxy) is 1. The van der Waals surface area contributed by atoms with Gasteiger partial charge in [0.25, 0.3) is 0 Å². The molecule has 3 unspecified atom stereocenters. The first kappa shape index (κ1) is 26.8. The number of anilines is 1. The summed E-state index contributed by atoms with van der Waals surface area (Å²) in [6.07, 6.45) is 4.59. The summed E-state index contributed by atoms with van der Waals surface area (Å²) >= 11 is 1.68. The highest BCUT2D eigenvalue weighted by Crippen LogP contribution is 2.66.